The number of carbonyl (C=O) groups is 1. The summed E-state index contributed by atoms with van der Waals surface area (Å²) in [6.45, 7) is 1.85. The summed E-state index contributed by atoms with van der Waals surface area (Å²) in [5.74, 6) is -0.343. The average Bonchev–Trinajstić information content (AvgIpc) is 2.34. The van der Waals surface area contributed by atoms with Crippen molar-refractivity contribution in [1.82, 2.24) is 0 Å². The van der Waals surface area contributed by atoms with Crippen molar-refractivity contribution >= 4 is 11.6 Å². The van der Waals surface area contributed by atoms with Crippen LogP contribution in [0.4, 0.5) is 10.1 Å². The molecule has 1 saturated carbocycles. The van der Waals surface area contributed by atoms with Crippen LogP contribution in [-0.4, -0.2) is 11.9 Å². The van der Waals surface area contributed by atoms with Gasteiger partial charge in [0.25, 0.3) is 0 Å². The average molecular weight is 250 g/mol. The molecule has 2 rings (SSSR count). The van der Waals surface area contributed by atoms with E-state index < -0.39 is 0 Å². The van der Waals surface area contributed by atoms with Gasteiger partial charge in [-0.05, 0) is 50.3 Å². The minimum absolute atomic E-state index is 0.00691. The zero-order chi connectivity index (χ0) is 13.1. The Balaban J connectivity index is 2.00. The van der Waals surface area contributed by atoms with E-state index in [0.717, 1.165) is 31.2 Å². The number of hydrogen-bond acceptors (Lipinski definition) is 2. The predicted molar refractivity (Wildman–Crippen MR) is 69.7 cm³/mol. The quantitative estimate of drug-likeness (QED) is 0.847. The molecule has 3 N–H and O–H groups in total. The molecule has 0 bridgehead atoms. The Morgan fingerprint density at radius 3 is 2.67 bits per heavy atom. The van der Waals surface area contributed by atoms with Crippen molar-refractivity contribution in [2.24, 2.45) is 11.7 Å². The molecule has 0 aromatic heterocycles. The summed E-state index contributed by atoms with van der Waals surface area (Å²) < 4.78 is 13.1. The Morgan fingerprint density at radius 2 is 2.00 bits per heavy atom. The lowest BCUT2D eigenvalue weighted by molar-refractivity contribution is -0.120. The smallest absolute Gasteiger partial charge is 0.227 e. The zero-order valence-electron chi connectivity index (χ0n) is 10.6. The molecule has 1 amide bonds. The molecule has 1 aromatic carbocycles. The van der Waals surface area contributed by atoms with Crippen LogP contribution in [-0.2, 0) is 4.79 Å². The minimum Gasteiger partial charge on any atom is -0.328 e. The molecular formula is C14H19FN2O. The van der Waals surface area contributed by atoms with Gasteiger partial charge in [-0.2, -0.15) is 0 Å². The molecule has 0 aliphatic heterocycles. The Labute approximate surface area is 107 Å². The summed E-state index contributed by atoms with van der Waals surface area (Å²) in [7, 11) is 0. The van der Waals surface area contributed by atoms with Crippen LogP contribution in [0.2, 0.25) is 0 Å². The fraction of sp³-hybridized carbons (Fsp3) is 0.500. The molecule has 1 fully saturated rings. The standard InChI is InChI=1S/C14H19FN2O/c1-9-2-5-11(15)8-13(9)17-14(18)10-3-6-12(16)7-4-10/h2,5,8,10,12H,3-4,6-7,16H2,1H3,(H,17,18). The number of benzene rings is 1. The highest BCUT2D eigenvalue weighted by atomic mass is 19.1. The van der Waals surface area contributed by atoms with Crippen molar-refractivity contribution in [2.45, 2.75) is 38.6 Å². The highest BCUT2D eigenvalue weighted by Gasteiger charge is 2.24. The number of halogens is 1. The molecule has 0 atom stereocenters. The first-order valence-corrected chi connectivity index (χ1v) is 6.39. The van der Waals surface area contributed by atoms with Gasteiger partial charge >= 0.3 is 0 Å². The van der Waals surface area contributed by atoms with Crippen LogP contribution in [0.1, 0.15) is 31.2 Å². The number of hydrogen-bond donors (Lipinski definition) is 2. The molecule has 0 radical (unpaired) electrons. The number of carbonyl (C=O) groups excluding carboxylic acids is 1. The van der Waals surface area contributed by atoms with Gasteiger partial charge in [0, 0.05) is 17.6 Å². The Morgan fingerprint density at radius 1 is 1.33 bits per heavy atom. The first-order valence-electron chi connectivity index (χ1n) is 6.39. The number of rotatable bonds is 2. The molecule has 1 aromatic rings. The summed E-state index contributed by atoms with van der Waals surface area (Å²) in [5, 5.41) is 2.82. The largest absolute Gasteiger partial charge is 0.328 e. The number of nitrogens with two attached hydrogens (primary N) is 1. The maximum Gasteiger partial charge on any atom is 0.227 e. The van der Waals surface area contributed by atoms with Crippen molar-refractivity contribution < 1.29 is 9.18 Å². The summed E-state index contributed by atoms with van der Waals surface area (Å²) in [6, 6.07) is 4.65. The normalized spacial score (nSPS) is 23.7. The van der Waals surface area contributed by atoms with Crippen molar-refractivity contribution in [2.75, 3.05) is 5.32 Å². The van der Waals surface area contributed by atoms with Gasteiger partial charge in [0.1, 0.15) is 5.82 Å². The van der Waals surface area contributed by atoms with Crippen molar-refractivity contribution in [3.05, 3.63) is 29.6 Å². The zero-order valence-corrected chi connectivity index (χ0v) is 10.6. The molecule has 1 aliphatic rings. The summed E-state index contributed by atoms with van der Waals surface area (Å²) in [4.78, 5) is 12.1. The first-order chi connectivity index (χ1) is 8.56. The van der Waals surface area contributed by atoms with Crippen LogP contribution in [0, 0.1) is 18.7 Å². The summed E-state index contributed by atoms with van der Waals surface area (Å²) >= 11 is 0. The van der Waals surface area contributed by atoms with Gasteiger partial charge in [-0.1, -0.05) is 6.07 Å². The maximum absolute atomic E-state index is 13.1. The molecule has 0 heterocycles. The van der Waals surface area contributed by atoms with Gasteiger partial charge in [0.15, 0.2) is 0 Å². The van der Waals surface area contributed by atoms with Crippen LogP contribution < -0.4 is 11.1 Å². The van der Waals surface area contributed by atoms with E-state index in [-0.39, 0.29) is 23.7 Å². The number of anilines is 1. The summed E-state index contributed by atoms with van der Waals surface area (Å²) in [5.41, 5.74) is 7.25. The van der Waals surface area contributed by atoms with Crippen molar-refractivity contribution in [3.63, 3.8) is 0 Å². The lowest BCUT2D eigenvalue weighted by atomic mass is 9.86. The summed E-state index contributed by atoms with van der Waals surface area (Å²) in [6.07, 6.45) is 3.42. The lowest BCUT2D eigenvalue weighted by Crippen LogP contribution is -2.32. The lowest BCUT2D eigenvalue weighted by Gasteiger charge is -2.25. The third-order valence-corrected chi connectivity index (χ3v) is 3.60. The molecular weight excluding hydrogens is 231 g/mol. The van der Waals surface area contributed by atoms with E-state index in [2.05, 4.69) is 5.32 Å². The van der Waals surface area contributed by atoms with Crippen molar-refractivity contribution in [1.29, 1.82) is 0 Å². The fourth-order valence-corrected chi connectivity index (χ4v) is 2.35. The highest BCUT2D eigenvalue weighted by molar-refractivity contribution is 5.93. The van der Waals surface area contributed by atoms with Gasteiger partial charge in [-0.25, -0.2) is 4.39 Å². The van der Waals surface area contributed by atoms with Gasteiger partial charge in [0.2, 0.25) is 5.91 Å². The molecule has 98 valence electrons. The Hall–Kier alpha value is -1.42. The maximum atomic E-state index is 13.1. The van der Waals surface area contributed by atoms with E-state index in [0.29, 0.717) is 5.69 Å². The van der Waals surface area contributed by atoms with E-state index in [9.17, 15) is 9.18 Å². The molecule has 4 heteroatoms. The predicted octanol–water partition coefficient (Wildman–Crippen LogP) is 2.59. The second kappa shape index (κ2) is 5.48. The van der Waals surface area contributed by atoms with Gasteiger partial charge in [-0.3, -0.25) is 4.79 Å². The van der Waals surface area contributed by atoms with Gasteiger partial charge < -0.3 is 11.1 Å². The van der Waals surface area contributed by atoms with Crippen LogP contribution in [0.5, 0.6) is 0 Å². The number of nitrogens with one attached hydrogen (secondary N) is 1. The molecule has 0 unspecified atom stereocenters. The van der Waals surface area contributed by atoms with E-state index in [1.54, 1.807) is 6.07 Å². The molecule has 0 saturated heterocycles. The fourth-order valence-electron chi connectivity index (χ4n) is 2.35. The van der Waals surface area contributed by atoms with Crippen LogP contribution in [0.15, 0.2) is 18.2 Å². The first kappa shape index (κ1) is 13.0. The van der Waals surface area contributed by atoms with Crippen LogP contribution in [0.25, 0.3) is 0 Å². The number of aryl methyl sites for hydroxylation is 1. The monoisotopic (exact) mass is 250 g/mol. The van der Waals surface area contributed by atoms with Crippen LogP contribution >= 0.6 is 0 Å². The van der Waals surface area contributed by atoms with E-state index >= 15 is 0 Å². The van der Waals surface area contributed by atoms with Crippen LogP contribution in [0.3, 0.4) is 0 Å². The number of amides is 1. The van der Waals surface area contributed by atoms with Crippen molar-refractivity contribution in [3.8, 4) is 0 Å². The Kier molecular flexibility index (Phi) is 3.97. The van der Waals surface area contributed by atoms with E-state index in [1.807, 2.05) is 6.92 Å². The third kappa shape index (κ3) is 3.07. The second-order valence-electron chi connectivity index (χ2n) is 5.06. The van der Waals surface area contributed by atoms with E-state index in [1.165, 1.54) is 12.1 Å². The molecule has 18 heavy (non-hydrogen) atoms. The minimum atomic E-state index is -0.332. The Bertz CT molecular complexity index is 439. The highest BCUT2D eigenvalue weighted by Crippen LogP contribution is 2.25. The molecule has 3 nitrogen and oxygen atoms in total. The van der Waals surface area contributed by atoms with E-state index in [4.69, 9.17) is 5.73 Å². The van der Waals surface area contributed by atoms with Gasteiger partial charge in [0.05, 0.1) is 0 Å². The second-order valence-corrected chi connectivity index (χ2v) is 5.06. The van der Waals surface area contributed by atoms with Gasteiger partial charge in [-0.15, -0.1) is 0 Å². The third-order valence-electron chi connectivity index (χ3n) is 3.60. The topological polar surface area (TPSA) is 55.1 Å². The SMILES string of the molecule is Cc1ccc(F)cc1NC(=O)C1CCC(N)CC1. The molecule has 0 spiro atoms. The molecule has 1 aliphatic carbocycles.